The van der Waals surface area contributed by atoms with E-state index in [0.717, 1.165) is 18.4 Å². The van der Waals surface area contributed by atoms with Crippen LogP contribution in [0.25, 0.3) is 28.1 Å². The molecule has 0 radical (unpaired) electrons. The number of benzene rings is 1. The summed E-state index contributed by atoms with van der Waals surface area (Å²) in [5.41, 5.74) is 2.04. The molecular formula is C19H18ClN5O3. The van der Waals surface area contributed by atoms with Crippen LogP contribution in [-0.2, 0) is 4.74 Å². The van der Waals surface area contributed by atoms with Gasteiger partial charge in [0.2, 0.25) is 5.82 Å². The van der Waals surface area contributed by atoms with Gasteiger partial charge in [0.25, 0.3) is 11.4 Å². The van der Waals surface area contributed by atoms with Crippen LogP contribution in [0.1, 0.15) is 44.7 Å². The van der Waals surface area contributed by atoms with Crippen molar-refractivity contribution in [3.8, 4) is 11.5 Å². The number of fused-ring (bicyclic) bond motifs is 3. The molecule has 0 spiro atoms. The molecule has 4 heterocycles. The quantitative estimate of drug-likeness (QED) is 0.521. The second-order valence-corrected chi connectivity index (χ2v) is 7.55. The van der Waals surface area contributed by atoms with Crippen LogP contribution < -0.4 is 5.56 Å². The first-order valence-electron chi connectivity index (χ1n) is 9.21. The molecule has 0 aliphatic carbocycles. The number of imidazole rings is 1. The van der Waals surface area contributed by atoms with Crippen molar-refractivity contribution in [2.75, 3.05) is 6.61 Å². The molecule has 0 bridgehead atoms. The van der Waals surface area contributed by atoms with E-state index in [1.807, 2.05) is 26.0 Å². The maximum absolute atomic E-state index is 13.4. The van der Waals surface area contributed by atoms with Gasteiger partial charge in [0.05, 0.1) is 16.1 Å². The Kier molecular flexibility index (Phi) is 3.99. The summed E-state index contributed by atoms with van der Waals surface area (Å²) in [6.45, 7) is 4.57. The molecule has 1 saturated heterocycles. The predicted octanol–water partition coefficient (Wildman–Crippen LogP) is 3.79. The van der Waals surface area contributed by atoms with Crippen molar-refractivity contribution in [3.05, 3.63) is 45.8 Å². The number of hydrogen-bond acceptors (Lipinski definition) is 6. The second-order valence-electron chi connectivity index (χ2n) is 7.15. The molecule has 8 nitrogen and oxygen atoms in total. The van der Waals surface area contributed by atoms with E-state index >= 15 is 0 Å². The summed E-state index contributed by atoms with van der Waals surface area (Å²) in [6, 6.07) is 5.45. The Morgan fingerprint density at radius 1 is 1.29 bits per heavy atom. The number of ether oxygens (including phenoxy) is 1. The molecule has 9 heteroatoms. The summed E-state index contributed by atoms with van der Waals surface area (Å²) >= 11 is 6.43. The largest absolute Gasteiger partial charge is 0.368 e. The lowest BCUT2D eigenvalue weighted by atomic mass is 10.2. The van der Waals surface area contributed by atoms with E-state index in [1.165, 1.54) is 0 Å². The number of aromatic nitrogens is 5. The Bertz CT molecular complexity index is 1250. The van der Waals surface area contributed by atoms with Crippen LogP contribution in [0.5, 0.6) is 0 Å². The lowest BCUT2D eigenvalue weighted by Crippen LogP contribution is -2.25. The molecule has 28 heavy (non-hydrogen) atoms. The van der Waals surface area contributed by atoms with Gasteiger partial charge in [-0.25, -0.2) is 4.98 Å². The fourth-order valence-electron chi connectivity index (χ4n) is 3.78. The number of para-hydroxylation sites is 1. The summed E-state index contributed by atoms with van der Waals surface area (Å²) in [6.07, 6.45) is 3.20. The molecule has 1 aliphatic rings. The minimum Gasteiger partial charge on any atom is -0.368 e. The molecule has 0 N–H and O–H groups in total. The number of halogens is 1. The third kappa shape index (κ3) is 2.48. The summed E-state index contributed by atoms with van der Waals surface area (Å²) in [7, 11) is 0. The Morgan fingerprint density at radius 3 is 2.89 bits per heavy atom. The summed E-state index contributed by atoms with van der Waals surface area (Å²) in [5, 5.41) is 4.56. The van der Waals surface area contributed by atoms with Gasteiger partial charge in [-0.15, -0.1) is 0 Å². The van der Waals surface area contributed by atoms with Gasteiger partial charge in [-0.3, -0.25) is 9.20 Å². The van der Waals surface area contributed by atoms with Crippen molar-refractivity contribution in [2.24, 2.45) is 0 Å². The van der Waals surface area contributed by atoms with Crippen molar-refractivity contribution in [1.29, 1.82) is 0 Å². The van der Waals surface area contributed by atoms with E-state index in [4.69, 9.17) is 20.9 Å². The fraction of sp³-hybridized carbons (Fsp3) is 0.368. The van der Waals surface area contributed by atoms with Crippen LogP contribution in [0, 0.1) is 0 Å². The first-order chi connectivity index (χ1) is 13.6. The van der Waals surface area contributed by atoms with Gasteiger partial charge in [-0.1, -0.05) is 22.8 Å². The maximum atomic E-state index is 13.4. The van der Waals surface area contributed by atoms with Gasteiger partial charge in [0.1, 0.15) is 23.6 Å². The molecule has 1 atom stereocenters. The minimum absolute atomic E-state index is 0.0876. The maximum Gasteiger partial charge on any atom is 0.278 e. The van der Waals surface area contributed by atoms with Gasteiger partial charge in [0.15, 0.2) is 0 Å². The molecule has 0 saturated carbocycles. The zero-order valence-electron chi connectivity index (χ0n) is 15.4. The van der Waals surface area contributed by atoms with E-state index in [2.05, 4.69) is 15.1 Å². The zero-order valence-corrected chi connectivity index (χ0v) is 16.2. The lowest BCUT2D eigenvalue weighted by molar-refractivity contribution is 0.0835. The van der Waals surface area contributed by atoms with E-state index in [1.54, 1.807) is 21.4 Å². The summed E-state index contributed by atoms with van der Waals surface area (Å²) < 4.78 is 14.4. The Labute approximate surface area is 164 Å². The molecule has 1 aromatic carbocycles. The van der Waals surface area contributed by atoms with Crippen LogP contribution >= 0.6 is 11.6 Å². The van der Waals surface area contributed by atoms with Crippen LogP contribution in [-0.4, -0.2) is 30.7 Å². The smallest absolute Gasteiger partial charge is 0.278 e. The minimum atomic E-state index is -0.202. The fourth-order valence-corrected chi connectivity index (χ4v) is 4.04. The first-order valence-corrected chi connectivity index (χ1v) is 9.59. The highest BCUT2D eigenvalue weighted by atomic mass is 35.5. The molecule has 3 aromatic heterocycles. The van der Waals surface area contributed by atoms with E-state index in [-0.39, 0.29) is 23.5 Å². The third-order valence-electron chi connectivity index (χ3n) is 5.03. The van der Waals surface area contributed by atoms with Crippen LogP contribution in [0.4, 0.5) is 0 Å². The normalized spacial score (nSPS) is 17.4. The summed E-state index contributed by atoms with van der Waals surface area (Å²) in [5.74, 6) is 0.698. The first kappa shape index (κ1) is 17.4. The van der Waals surface area contributed by atoms with Gasteiger partial charge >= 0.3 is 0 Å². The van der Waals surface area contributed by atoms with Crippen LogP contribution in [0.2, 0.25) is 5.02 Å². The highest BCUT2D eigenvalue weighted by Crippen LogP contribution is 2.31. The second kappa shape index (κ2) is 6.42. The molecular weight excluding hydrogens is 382 g/mol. The molecule has 1 aliphatic heterocycles. The average molecular weight is 400 g/mol. The molecule has 1 unspecified atom stereocenters. The van der Waals surface area contributed by atoms with Crippen molar-refractivity contribution in [2.45, 2.75) is 38.8 Å². The molecule has 5 rings (SSSR count). The lowest BCUT2D eigenvalue weighted by Gasteiger charge is -2.16. The average Bonchev–Trinajstić information content (AvgIpc) is 3.41. The van der Waals surface area contributed by atoms with Crippen molar-refractivity contribution in [1.82, 2.24) is 24.1 Å². The van der Waals surface area contributed by atoms with E-state index in [9.17, 15) is 4.79 Å². The number of nitrogens with zero attached hydrogens (tertiary/aromatic N) is 5. The molecule has 4 aromatic rings. The standard InChI is InChI=1S/C19H18ClN5O3/c1-10(2)25-15-11(20)5-3-6-12(15)24-9-21-14(16(24)19(25)26)17-22-18(28-23-17)13-7-4-8-27-13/h3,5-6,9-10,13H,4,7-8H2,1-2H3. The van der Waals surface area contributed by atoms with Crippen LogP contribution in [0.3, 0.4) is 0 Å². The van der Waals surface area contributed by atoms with Gasteiger partial charge < -0.3 is 13.8 Å². The highest BCUT2D eigenvalue weighted by molar-refractivity contribution is 6.35. The molecule has 144 valence electrons. The van der Waals surface area contributed by atoms with E-state index in [0.29, 0.717) is 34.2 Å². The molecule has 0 amide bonds. The Balaban J connectivity index is 1.78. The van der Waals surface area contributed by atoms with Crippen LogP contribution in [0.15, 0.2) is 33.8 Å². The third-order valence-corrected chi connectivity index (χ3v) is 5.33. The number of hydrogen-bond donors (Lipinski definition) is 0. The van der Waals surface area contributed by atoms with Crippen molar-refractivity contribution < 1.29 is 9.26 Å². The monoisotopic (exact) mass is 399 g/mol. The highest BCUT2D eigenvalue weighted by Gasteiger charge is 2.27. The summed E-state index contributed by atoms with van der Waals surface area (Å²) in [4.78, 5) is 22.3. The Hall–Kier alpha value is -2.71. The van der Waals surface area contributed by atoms with E-state index < -0.39 is 0 Å². The van der Waals surface area contributed by atoms with Crippen molar-refractivity contribution >= 4 is 28.2 Å². The topological polar surface area (TPSA) is 87.5 Å². The zero-order chi connectivity index (χ0) is 19.4. The van der Waals surface area contributed by atoms with Gasteiger partial charge in [-0.2, -0.15) is 4.98 Å². The molecule has 1 fully saturated rings. The number of rotatable bonds is 3. The SMILES string of the molecule is CC(C)n1c(=O)c2c(-c3noc(C4CCCO4)n3)ncn2c2cccc(Cl)c21. The predicted molar refractivity (Wildman–Crippen MR) is 104 cm³/mol. The van der Waals surface area contributed by atoms with Gasteiger partial charge in [0, 0.05) is 12.6 Å². The van der Waals surface area contributed by atoms with Crippen molar-refractivity contribution in [3.63, 3.8) is 0 Å². The van der Waals surface area contributed by atoms with Gasteiger partial charge in [-0.05, 0) is 38.8 Å². The Morgan fingerprint density at radius 2 is 2.14 bits per heavy atom.